The van der Waals surface area contributed by atoms with Gasteiger partial charge in [0.25, 0.3) is 0 Å². The van der Waals surface area contributed by atoms with Gasteiger partial charge in [-0.1, -0.05) is 31.9 Å². The normalized spacial score (nSPS) is 18.7. The van der Waals surface area contributed by atoms with E-state index in [1.165, 1.54) is 18.4 Å². The minimum absolute atomic E-state index is 0.216. The molecule has 2 rings (SSSR count). The highest BCUT2D eigenvalue weighted by atomic mass is 79.9. The molecule has 1 aromatic carbocycles. The molecule has 1 nitrogen and oxygen atoms in total. The molecule has 0 amide bonds. The Morgan fingerprint density at radius 1 is 1.15 bits per heavy atom. The Morgan fingerprint density at radius 3 is 2.15 bits per heavy atom. The second-order valence-corrected chi connectivity index (χ2v) is 5.40. The van der Waals surface area contributed by atoms with E-state index < -0.39 is 0 Å². The van der Waals surface area contributed by atoms with Gasteiger partial charge in [-0.3, -0.25) is 0 Å². The van der Waals surface area contributed by atoms with Crippen LogP contribution >= 0.6 is 31.9 Å². The maximum atomic E-state index is 6.10. The van der Waals surface area contributed by atoms with E-state index in [0.717, 1.165) is 8.95 Å². The van der Waals surface area contributed by atoms with Crippen LogP contribution in [0.2, 0.25) is 0 Å². The van der Waals surface area contributed by atoms with Crippen molar-refractivity contribution in [1.29, 1.82) is 0 Å². The van der Waals surface area contributed by atoms with E-state index in [9.17, 15) is 0 Å². The minimum Gasteiger partial charge on any atom is -0.324 e. The lowest BCUT2D eigenvalue weighted by atomic mass is 10.0. The predicted octanol–water partition coefficient (Wildman–Crippen LogP) is 3.62. The van der Waals surface area contributed by atoms with Gasteiger partial charge in [-0.15, -0.1) is 0 Å². The highest BCUT2D eigenvalue weighted by molar-refractivity contribution is 9.11. The molecule has 0 heterocycles. The predicted molar refractivity (Wildman–Crippen MR) is 61.5 cm³/mol. The largest absolute Gasteiger partial charge is 0.324 e. The van der Waals surface area contributed by atoms with Gasteiger partial charge in [0.15, 0.2) is 0 Å². The second-order valence-electron chi connectivity index (χ2n) is 3.57. The third-order valence-corrected chi connectivity index (χ3v) is 3.32. The summed E-state index contributed by atoms with van der Waals surface area (Å²) in [5.41, 5.74) is 7.32. The van der Waals surface area contributed by atoms with Gasteiger partial charge >= 0.3 is 0 Å². The zero-order valence-electron chi connectivity index (χ0n) is 7.13. The molecule has 1 atom stereocenters. The Bertz CT molecular complexity index is 300. The molecule has 0 aliphatic heterocycles. The molecule has 1 aliphatic carbocycles. The third kappa shape index (κ3) is 2.33. The molecule has 1 aliphatic rings. The van der Waals surface area contributed by atoms with E-state index in [2.05, 4.69) is 44.0 Å². The van der Waals surface area contributed by atoms with Crippen molar-refractivity contribution in [3.05, 3.63) is 32.7 Å². The summed E-state index contributed by atoms with van der Waals surface area (Å²) in [6, 6.07) is 6.46. The molecule has 1 saturated carbocycles. The minimum atomic E-state index is 0.216. The number of benzene rings is 1. The Morgan fingerprint density at radius 2 is 1.69 bits per heavy atom. The summed E-state index contributed by atoms with van der Waals surface area (Å²) in [6.45, 7) is 0. The summed E-state index contributed by atoms with van der Waals surface area (Å²) < 4.78 is 2.18. The summed E-state index contributed by atoms with van der Waals surface area (Å²) in [5, 5.41) is 0. The van der Waals surface area contributed by atoms with Crippen molar-refractivity contribution < 1.29 is 0 Å². The molecule has 0 aromatic heterocycles. The number of halogens is 2. The average Bonchev–Trinajstić information content (AvgIpc) is 2.83. The van der Waals surface area contributed by atoms with Crippen LogP contribution in [0, 0.1) is 5.92 Å². The van der Waals surface area contributed by atoms with Crippen molar-refractivity contribution in [2.45, 2.75) is 18.9 Å². The summed E-state index contributed by atoms with van der Waals surface area (Å²) in [6.07, 6.45) is 2.57. The molecule has 1 fully saturated rings. The van der Waals surface area contributed by atoms with Crippen molar-refractivity contribution in [2.24, 2.45) is 11.7 Å². The van der Waals surface area contributed by atoms with Crippen LogP contribution in [0.15, 0.2) is 27.1 Å². The molecule has 0 bridgehead atoms. The van der Waals surface area contributed by atoms with E-state index in [0.29, 0.717) is 5.92 Å². The molecule has 1 aromatic rings. The average molecular weight is 305 g/mol. The second kappa shape index (κ2) is 3.71. The van der Waals surface area contributed by atoms with Crippen molar-refractivity contribution in [1.82, 2.24) is 0 Å². The Balaban J connectivity index is 2.27. The molecular weight excluding hydrogens is 294 g/mol. The number of nitrogens with two attached hydrogens (primary N) is 1. The van der Waals surface area contributed by atoms with E-state index in [1.54, 1.807) is 0 Å². The summed E-state index contributed by atoms with van der Waals surface area (Å²) >= 11 is 6.93. The van der Waals surface area contributed by atoms with Gasteiger partial charge in [0.2, 0.25) is 0 Å². The lowest BCUT2D eigenvalue weighted by molar-refractivity contribution is 0.633. The van der Waals surface area contributed by atoms with Gasteiger partial charge in [0.1, 0.15) is 0 Å². The Hall–Kier alpha value is 0.140. The molecule has 0 unspecified atom stereocenters. The fraction of sp³-hybridized carbons (Fsp3) is 0.400. The zero-order valence-corrected chi connectivity index (χ0v) is 10.3. The quantitative estimate of drug-likeness (QED) is 0.887. The number of rotatable bonds is 2. The first-order valence-corrected chi connectivity index (χ1v) is 5.97. The third-order valence-electron chi connectivity index (χ3n) is 2.40. The topological polar surface area (TPSA) is 26.0 Å². The van der Waals surface area contributed by atoms with Gasteiger partial charge in [0, 0.05) is 15.0 Å². The maximum Gasteiger partial charge on any atom is 0.0324 e. The van der Waals surface area contributed by atoms with Crippen molar-refractivity contribution in [3.63, 3.8) is 0 Å². The van der Waals surface area contributed by atoms with Crippen LogP contribution in [-0.2, 0) is 0 Å². The van der Waals surface area contributed by atoms with Crippen molar-refractivity contribution >= 4 is 31.9 Å². The van der Waals surface area contributed by atoms with Crippen LogP contribution in [0.4, 0.5) is 0 Å². The van der Waals surface area contributed by atoms with Crippen LogP contribution in [0.5, 0.6) is 0 Å². The molecule has 0 spiro atoms. The van der Waals surface area contributed by atoms with Gasteiger partial charge < -0.3 is 5.73 Å². The van der Waals surface area contributed by atoms with Gasteiger partial charge in [-0.25, -0.2) is 0 Å². The molecule has 0 saturated heterocycles. The Kier molecular flexibility index (Phi) is 2.77. The standard InChI is InChI=1S/C10H11Br2N/c11-8-3-7(4-9(12)5-8)10(13)6-1-2-6/h3-6,10H,1-2,13H2/t10-/m1/s1. The summed E-state index contributed by atoms with van der Waals surface area (Å²) in [5.74, 6) is 0.709. The van der Waals surface area contributed by atoms with Gasteiger partial charge in [-0.05, 0) is 42.5 Å². The maximum absolute atomic E-state index is 6.10. The highest BCUT2D eigenvalue weighted by Gasteiger charge is 2.29. The van der Waals surface area contributed by atoms with E-state index in [4.69, 9.17) is 5.73 Å². The van der Waals surface area contributed by atoms with Crippen LogP contribution in [0.1, 0.15) is 24.4 Å². The van der Waals surface area contributed by atoms with Crippen LogP contribution in [-0.4, -0.2) is 0 Å². The number of hydrogen-bond donors (Lipinski definition) is 1. The first kappa shape index (κ1) is 9.69. The van der Waals surface area contributed by atoms with E-state index >= 15 is 0 Å². The van der Waals surface area contributed by atoms with Crippen molar-refractivity contribution in [2.75, 3.05) is 0 Å². The molecule has 13 heavy (non-hydrogen) atoms. The monoisotopic (exact) mass is 303 g/mol. The van der Waals surface area contributed by atoms with Crippen LogP contribution < -0.4 is 5.73 Å². The molecular formula is C10H11Br2N. The molecule has 0 radical (unpaired) electrons. The van der Waals surface area contributed by atoms with Crippen molar-refractivity contribution in [3.8, 4) is 0 Å². The van der Waals surface area contributed by atoms with E-state index in [1.807, 2.05) is 6.07 Å². The van der Waals surface area contributed by atoms with Gasteiger partial charge in [-0.2, -0.15) is 0 Å². The van der Waals surface area contributed by atoms with Crippen LogP contribution in [0.3, 0.4) is 0 Å². The van der Waals surface area contributed by atoms with Gasteiger partial charge in [0.05, 0.1) is 0 Å². The summed E-state index contributed by atoms with van der Waals surface area (Å²) in [4.78, 5) is 0. The lowest BCUT2D eigenvalue weighted by Gasteiger charge is -2.11. The smallest absolute Gasteiger partial charge is 0.0324 e. The van der Waals surface area contributed by atoms with E-state index in [-0.39, 0.29) is 6.04 Å². The molecule has 3 heteroatoms. The summed E-state index contributed by atoms with van der Waals surface area (Å²) in [7, 11) is 0. The Labute approximate surface area is 95.0 Å². The lowest BCUT2D eigenvalue weighted by Crippen LogP contribution is -2.12. The first-order chi connectivity index (χ1) is 6.16. The first-order valence-electron chi connectivity index (χ1n) is 4.38. The molecule has 2 N–H and O–H groups in total. The molecule has 70 valence electrons. The number of hydrogen-bond acceptors (Lipinski definition) is 1. The fourth-order valence-electron chi connectivity index (χ4n) is 1.50. The SMILES string of the molecule is N[C@@H](c1cc(Br)cc(Br)c1)C1CC1. The fourth-order valence-corrected chi connectivity index (χ4v) is 2.82. The zero-order chi connectivity index (χ0) is 9.42. The highest BCUT2D eigenvalue weighted by Crippen LogP contribution is 2.40. The van der Waals surface area contributed by atoms with Crippen LogP contribution in [0.25, 0.3) is 0 Å².